The van der Waals surface area contributed by atoms with Crippen molar-refractivity contribution in [3.8, 4) is 0 Å². The van der Waals surface area contributed by atoms with E-state index in [4.69, 9.17) is 0 Å². The average molecular weight is 245 g/mol. The van der Waals surface area contributed by atoms with Gasteiger partial charge < -0.3 is 5.32 Å². The molecule has 86 valence electrons. The van der Waals surface area contributed by atoms with Crippen LogP contribution in [0.2, 0.25) is 0 Å². The summed E-state index contributed by atoms with van der Waals surface area (Å²) in [4.78, 5) is 0. The maximum absolute atomic E-state index is 11.7. The Labute approximate surface area is 98.6 Å². The van der Waals surface area contributed by atoms with Crippen LogP contribution in [0, 0.1) is 5.92 Å². The molecule has 15 heavy (non-hydrogen) atoms. The number of hydrogen-bond donors (Lipinski definition) is 1. The minimum atomic E-state index is -0.788. The molecule has 1 rings (SSSR count). The lowest BCUT2D eigenvalue weighted by molar-refractivity contribution is 0.551. The first-order valence-corrected chi connectivity index (χ1v) is 7.52. The fraction of sp³-hybridized carbons (Fsp3) is 0.636. The molecule has 4 heteroatoms. The normalized spacial score (nSPS) is 13.3. The molecule has 1 unspecified atom stereocenters. The molecule has 2 nitrogen and oxygen atoms in total. The van der Waals surface area contributed by atoms with Gasteiger partial charge in [-0.1, -0.05) is 19.9 Å². The van der Waals surface area contributed by atoms with Crippen LogP contribution in [0.1, 0.15) is 20.3 Å². The monoisotopic (exact) mass is 245 g/mol. The molecule has 1 N–H and O–H groups in total. The zero-order chi connectivity index (χ0) is 11.1. The summed E-state index contributed by atoms with van der Waals surface area (Å²) in [7, 11) is -0.788. The molecule has 0 saturated heterocycles. The lowest BCUT2D eigenvalue weighted by Gasteiger charge is -2.06. The molecule has 0 aliphatic rings. The molecule has 0 amide bonds. The van der Waals surface area contributed by atoms with Crippen molar-refractivity contribution in [1.82, 2.24) is 5.32 Å². The van der Waals surface area contributed by atoms with E-state index in [-0.39, 0.29) is 0 Å². The second kappa shape index (κ2) is 7.14. The summed E-state index contributed by atoms with van der Waals surface area (Å²) in [6.07, 6.45) is 0.983. The fourth-order valence-corrected chi connectivity index (χ4v) is 3.35. The summed E-state index contributed by atoms with van der Waals surface area (Å²) in [5.41, 5.74) is 0. The maximum Gasteiger partial charge on any atom is 0.0910 e. The van der Waals surface area contributed by atoms with Gasteiger partial charge in [0.2, 0.25) is 0 Å². The Morgan fingerprint density at radius 3 is 2.93 bits per heavy atom. The molecule has 0 aliphatic heterocycles. The van der Waals surface area contributed by atoms with Gasteiger partial charge in [-0.25, -0.2) is 0 Å². The average Bonchev–Trinajstić information content (AvgIpc) is 2.69. The molecule has 0 aromatic carbocycles. The van der Waals surface area contributed by atoms with Gasteiger partial charge in [-0.05, 0) is 36.9 Å². The van der Waals surface area contributed by atoms with Crippen molar-refractivity contribution in [2.24, 2.45) is 5.92 Å². The van der Waals surface area contributed by atoms with Gasteiger partial charge in [0.25, 0.3) is 0 Å². The van der Waals surface area contributed by atoms with Gasteiger partial charge >= 0.3 is 0 Å². The van der Waals surface area contributed by atoms with Gasteiger partial charge in [0, 0.05) is 5.75 Å². The first kappa shape index (κ1) is 12.9. The Kier molecular flexibility index (Phi) is 6.13. The molecule has 0 radical (unpaired) electrons. The smallest absolute Gasteiger partial charge is 0.0910 e. The Bertz CT molecular complexity index is 283. The standard InChI is InChI=1S/C11H19NOS2/c1-10(2)9-12-6-4-8-15(13)11-5-3-7-14-11/h3,5,7,10,12H,4,6,8-9H2,1-2H3. The molecular formula is C11H19NOS2. The number of nitrogens with one attached hydrogen (secondary N) is 1. The van der Waals surface area contributed by atoms with Crippen LogP contribution in [-0.2, 0) is 10.8 Å². The molecule has 1 aromatic heterocycles. The number of hydrogen-bond acceptors (Lipinski definition) is 3. The lowest BCUT2D eigenvalue weighted by atomic mass is 10.2. The van der Waals surface area contributed by atoms with E-state index in [0.29, 0.717) is 5.92 Å². The summed E-state index contributed by atoms with van der Waals surface area (Å²) in [5.74, 6) is 1.46. The molecule has 0 saturated carbocycles. The van der Waals surface area contributed by atoms with Crippen molar-refractivity contribution >= 4 is 22.1 Å². The van der Waals surface area contributed by atoms with Crippen molar-refractivity contribution in [3.05, 3.63) is 17.5 Å². The second-order valence-electron chi connectivity index (χ2n) is 3.93. The van der Waals surface area contributed by atoms with Gasteiger partial charge in [-0.3, -0.25) is 4.21 Å². The van der Waals surface area contributed by atoms with Gasteiger partial charge in [0.15, 0.2) is 0 Å². The quantitative estimate of drug-likeness (QED) is 0.748. The van der Waals surface area contributed by atoms with E-state index in [2.05, 4.69) is 19.2 Å². The molecule has 1 aromatic rings. The Morgan fingerprint density at radius 1 is 1.53 bits per heavy atom. The van der Waals surface area contributed by atoms with E-state index in [9.17, 15) is 4.21 Å². The SMILES string of the molecule is CC(C)CNCCCS(=O)c1cccs1. The predicted molar refractivity (Wildman–Crippen MR) is 67.9 cm³/mol. The zero-order valence-electron chi connectivity index (χ0n) is 9.36. The molecule has 0 spiro atoms. The van der Waals surface area contributed by atoms with Crippen LogP contribution >= 0.6 is 11.3 Å². The van der Waals surface area contributed by atoms with Gasteiger partial charge in [-0.2, -0.15) is 0 Å². The Balaban J connectivity index is 2.08. The van der Waals surface area contributed by atoms with Gasteiger partial charge in [-0.15, -0.1) is 11.3 Å². The van der Waals surface area contributed by atoms with Crippen LogP contribution in [0.25, 0.3) is 0 Å². The lowest BCUT2D eigenvalue weighted by Crippen LogP contribution is -2.21. The third kappa shape index (κ3) is 5.44. The summed E-state index contributed by atoms with van der Waals surface area (Å²) in [5, 5.41) is 5.33. The van der Waals surface area contributed by atoms with Crippen LogP contribution < -0.4 is 5.32 Å². The highest BCUT2D eigenvalue weighted by Crippen LogP contribution is 2.14. The Hall–Kier alpha value is -0.190. The fourth-order valence-electron chi connectivity index (χ4n) is 1.21. The minimum Gasteiger partial charge on any atom is -0.316 e. The van der Waals surface area contributed by atoms with Crippen molar-refractivity contribution in [3.63, 3.8) is 0 Å². The molecule has 1 atom stereocenters. The maximum atomic E-state index is 11.7. The van der Waals surface area contributed by atoms with Crippen molar-refractivity contribution in [1.29, 1.82) is 0 Å². The van der Waals surface area contributed by atoms with Crippen molar-refractivity contribution < 1.29 is 4.21 Å². The summed E-state index contributed by atoms with van der Waals surface area (Å²) in [6.45, 7) is 6.40. The van der Waals surface area contributed by atoms with Crippen molar-refractivity contribution in [2.75, 3.05) is 18.8 Å². The molecule has 1 heterocycles. The highest BCUT2D eigenvalue weighted by molar-refractivity contribution is 7.87. The van der Waals surface area contributed by atoms with Crippen LogP contribution in [0.5, 0.6) is 0 Å². The highest BCUT2D eigenvalue weighted by Gasteiger charge is 2.03. The molecule has 0 aliphatic carbocycles. The highest BCUT2D eigenvalue weighted by atomic mass is 32.2. The summed E-state index contributed by atoms with van der Waals surface area (Å²) < 4.78 is 12.7. The van der Waals surface area contributed by atoms with E-state index in [1.165, 1.54) is 0 Å². The second-order valence-corrected chi connectivity index (χ2v) is 6.68. The van der Waals surface area contributed by atoms with Crippen LogP contribution in [0.4, 0.5) is 0 Å². The number of thiophene rings is 1. The van der Waals surface area contributed by atoms with Crippen LogP contribution in [-0.4, -0.2) is 23.1 Å². The minimum absolute atomic E-state index is 0.688. The van der Waals surface area contributed by atoms with E-state index in [1.54, 1.807) is 11.3 Å². The first-order valence-electron chi connectivity index (χ1n) is 5.32. The van der Waals surface area contributed by atoms with Gasteiger partial charge in [0.05, 0.1) is 15.0 Å². The molecule has 0 bridgehead atoms. The largest absolute Gasteiger partial charge is 0.316 e. The predicted octanol–water partition coefficient (Wildman–Crippen LogP) is 2.49. The summed E-state index contributed by atoms with van der Waals surface area (Å²) in [6, 6.07) is 3.90. The van der Waals surface area contributed by atoms with E-state index in [1.807, 2.05) is 17.5 Å². The Morgan fingerprint density at radius 2 is 2.33 bits per heavy atom. The van der Waals surface area contributed by atoms with Crippen molar-refractivity contribution in [2.45, 2.75) is 24.5 Å². The van der Waals surface area contributed by atoms with Gasteiger partial charge in [0.1, 0.15) is 0 Å². The van der Waals surface area contributed by atoms with E-state index in [0.717, 1.165) is 29.5 Å². The van der Waals surface area contributed by atoms with E-state index >= 15 is 0 Å². The molecule has 0 fully saturated rings. The van der Waals surface area contributed by atoms with Crippen LogP contribution in [0.3, 0.4) is 0 Å². The topological polar surface area (TPSA) is 29.1 Å². The first-order chi connectivity index (χ1) is 7.20. The number of rotatable bonds is 7. The summed E-state index contributed by atoms with van der Waals surface area (Å²) >= 11 is 1.58. The zero-order valence-corrected chi connectivity index (χ0v) is 11.0. The molecular weight excluding hydrogens is 226 g/mol. The van der Waals surface area contributed by atoms with E-state index < -0.39 is 10.8 Å². The third-order valence-corrected chi connectivity index (χ3v) is 4.71. The van der Waals surface area contributed by atoms with Crippen LogP contribution in [0.15, 0.2) is 21.7 Å². The third-order valence-electron chi connectivity index (χ3n) is 1.96.